The molecule has 206 valence electrons. The number of benzene rings is 2. The van der Waals surface area contributed by atoms with E-state index in [1.807, 2.05) is 69.3 Å². The Labute approximate surface area is 236 Å². The summed E-state index contributed by atoms with van der Waals surface area (Å²) in [6, 6.07) is 15.2. The molecule has 2 aromatic carbocycles. The Morgan fingerprint density at radius 2 is 1.90 bits per heavy atom. The van der Waals surface area contributed by atoms with Crippen LogP contribution in [-0.4, -0.2) is 59.2 Å². The molecule has 5 rings (SSSR count). The summed E-state index contributed by atoms with van der Waals surface area (Å²) < 4.78 is 17.4. The molecule has 0 bridgehead atoms. The van der Waals surface area contributed by atoms with Gasteiger partial charge in [0.2, 0.25) is 5.91 Å². The van der Waals surface area contributed by atoms with E-state index in [1.165, 1.54) is 4.90 Å². The van der Waals surface area contributed by atoms with Gasteiger partial charge in [0.1, 0.15) is 24.1 Å². The Hall–Kier alpha value is -3.33. The van der Waals surface area contributed by atoms with Gasteiger partial charge in [-0.1, -0.05) is 36.4 Å². The standard InChI is InChI=1S/C30H33BrN2O6/c1-30(2,3)39-28(35)32-12-11-21(16-32)23(14-20-9-10-26-24(15-20)25(31)18-37-26)27(34)33-22(17-38-29(33)36)13-19-7-5-4-6-8-19/h4-10,15,18,21-23H,11-14,16-17H2,1-3H3/t21-,22-,23-/m0/s1. The predicted octanol–water partition coefficient (Wildman–Crippen LogP) is 6.20. The van der Waals surface area contributed by atoms with Crippen molar-refractivity contribution in [2.24, 2.45) is 11.8 Å². The van der Waals surface area contributed by atoms with Crippen LogP contribution in [0.15, 0.2) is 63.7 Å². The van der Waals surface area contributed by atoms with Crippen molar-refractivity contribution >= 4 is 45.0 Å². The van der Waals surface area contributed by atoms with Gasteiger partial charge in [-0.25, -0.2) is 14.5 Å². The second-order valence-corrected chi connectivity index (χ2v) is 12.2. The van der Waals surface area contributed by atoms with Crippen LogP contribution in [0.3, 0.4) is 0 Å². The number of ether oxygens (including phenoxy) is 2. The fourth-order valence-electron chi connectivity index (χ4n) is 5.44. The lowest BCUT2D eigenvalue weighted by Gasteiger charge is -2.29. The summed E-state index contributed by atoms with van der Waals surface area (Å²) in [6.45, 7) is 6.54. The van der Waals surface area contributed by atoms with E-state index in [4.69, 9.17) is 13.9 Å². The molecule has 0 unspecified atom stereocenters. The number of imide groups is 1. The van der Waals surface area contributed by atoms with Crippen molar-refractivity contribution < 1.29 is 28.3 Å². The van der Waals surface area contributed by atoms with Gasteiger partial charge < -0.3 is 18.8 Å². The van der Waals surface area contributed by atoms with Crippen molar-refractivity contribution in [2.75, 3.05) is 19.7 Å². The van der Waals surface area contributed by atoms with Crippen molar-refractivity contribution in [2.45, 2.75) is 51.7 Å². The minimum Gasteiger partial charge on any atom is -0.463 e. The molecule has 3 amide bonds. The highest BCUT2D eigenvalue weighted by Crippen LogP contribution is 2.34. The van der Waals surface area contributed by atoms with Gasteiger partial charge in [0.25, 0.3) is 0 Å². The first-order valence-electron chi connectivity index (χ1n) is 13.3. The maximum Gasteiger partial charge on any atom is 0.416 e. The molecule has 8 nitrogen and oxygen atoms in total. The highest BCUT2D eigenvalue weighted by Gasteiger charge is 2.45. The van der Waals surface area contributed by atoms with E-state index < -0.39 is 17.6 Å². The molecule has 9 heteroatoms. The third-order valence-corrected chi connectivity index (χ3v) is 7.94. The lowest BCUT2D eigenvalue weighted by molar-refractivity contribution is -0.135. The zero-order valence-corrected chi connectivity index (χ0v) is 24.0. The van der Waals surface area contributed by atoms with E-state index in [-0.39, 0.29) is 30.6 Å². The van der Waals surface area contributed by atoms with Crippen LogP contribution in [0.1, 0.15) is 38.3 Å². The van der Waals surface area contributed by atoms with Crippen LogP contribution in [-0.2, 0) is 27.1 Å². The van der Waals surface area contributed by atoms with E-state index in [1.54, 1.807) is 11.2 Å². The largest absolute Gasteiger partial charge is 0.463 e. The molecule has 2 saturated heterocycles. The van der Waals surface area contributed by atoms with Gasteiger partial charge in [-0.2, -0.15) is 0 Å². The molecular weight excluding hydrogens is 564 g/mol. The number of fused-ring (bicyclic) bond motifs is 1. The average molecular weight is 598 g/mol. The van der Waals surface area contributed by atoms with E-state index in [9.17, 15) is 14.4 Å². The number of rotatable bonds is 6. The molecule has 39 heavy (non-hydrogen) atoms. The molecule has 0 N–H and O–H groups in total. The van der Waals surface area contributed by atoms with Gasteiger partial charge in [0.15, 0.2) is 0 Å². The number of hydrogen-bond donors (Lipinski definition) is 0. The Balaban J connectivity index is 1.41. The van der Waals surface area contributed by atoms with Crippen molar-refractivity contribution in [3.8, 4) is 0 Å². The Morgan fingerprint density at radius 3 is 2.64 bits per heavy atom. The molecule has 2 fully saturated rings. The van der Waals surface area contributed by atoms with E-state index in [0.717, 1.165) is 26.6 Å². The third-order valence-electron chi connectivity index (χ3n) is 7.32. The number of carbonyl (C=O) groups excluding carboxylic acids is 3. The molecule has 3 heterocycles. The molecule has 0 saturated carbocycles. The number of furan rings is 1. The van der Waals surface area contributed by atoms with E-state index in [0.29, 0.717) is 32.4 Å². The average Bonchev–Trinajstić information content (AvgIpc) is 3.61. The van der Waals surface area contributed by atoms with Gasteiger partial charge in [-0.05, 0) is 85.1 Å². The summed E-state index contributed by atoms with van der Waals surface area (Å²) in [7, 11) is 0. The molecule has 3 aromatic rings. The summed E-state index contributed by atoms with van der Waals surface area (Å²) in [5.74, 6) is -0.926. The summed E-state index contributed by atoms with van der Waals surface area (Å²) in [6.07, 6.45) is 2.22. The van der Waals surface area contributed by atoms with Crippen LogP contribution in [0.2, 0.25) is 0 Å². The normalized spacial score (nSPS) is 20.4. The molecule has 1 aromatic heterocycles. The SMILES string of the molecule is CC(C)(C)OC(=O)N1CC[C@H]([C@H](Cc2ccc3occ(Br)c3c2)C(=O)N2C(=O)OC[C@@H]2Cc2ccccc2)C1. The molecule has 2 aliphatic heterocycles. The lowest BCUT2D eigenvalue weighted by Crippen LogP contribution is -2.46. The Morgan fingerprint density at radius 1 is 1.13 bits per heavy atom. The van der Waals surface area contributed by atoms with Gasteiger partial charge in [0.05, 0.1) is 10.5 Å². The van der Waals surface area contributed by atoms with Crippen LogP contribution in [0.4, 0.5) is 9.59 Å². The second kappa shape index (κ2) is 11.0. The van der Waals surface area contributed by atoms with Crippen molar-refractivity contribution in [3.63, 3.8) is 0 Å². The summed E-state index contributed by atoms with van der Waals surface area (Å²) in [4.78, 5) is 42.8. The first-order valence-corrected chi connectivity index (χ1v) is 14.1. The maximum absolute atomic E-state index is 14.2. The molecule has 2 aliphatic rings. The number of cyclic esters (lactones) is 1. The molecule has 0 radical (unpaired) electrons. The highest BCUT2D eigenvalue weighted by molar-refractivity contribution is 9.10. The predicted molar refractivity (Wildman–Crippen MR) is 149 cm³/mol. The van der Waals surface area contributed by atoms with Crippen molar-refractivity contribution in [3.05, 3.63) is 70.4 Å². The number of amides is 3. The number of hydrogen-bond acceptors (Lipinski definition) is 6. The van der Waals surface area contributed by atoms with Gasteiger partial charge in [0, 0.05) is 24.4 Å². The smallest absolute Gasteiger partial charge is 0.416 e. The minimum absolute atomic E-state index is 0.140. The van der Waals surface area contributed by atoms with Crippen LogP contribution < -0.4 is 0 Å². The maximum atomic E-state index is 14.2. The van der Waals surface area contributed by atoms with Gasteiger partial charge >= 0.3 is 12.2 Å². The Kier molecular flexibility index (Phi) is 7.71. The second-order valence-electron chi connectivity index (χ2n) is 11.3. The zero-order valence-electron chi connectivity index (χ0n) is 22.4. The van der Waals surface area contributed by atoms with Gasteiger partial charge in [-0.3, -0.25) is 4.79 Å². The first kappa shape index (κ1) is 27.2. The van der Waals surface area contributed by atoms with Gasteiger partial charge in [-0.15, -0.1) is 0 Å². The topological polar surface area (TPSA) is 89.3 Å². The van der Waals surface area contributed by atoms with Crippen molar-refractivity contribution in [1.29, 1.82) is 0 Å². The number of carbonyl (C=O) groups is 3. The highest BCUT2D eigenvalue weighted by atomic mass is 79.9. The summed E-state index contributed by atoms with van der Waals surface area (Å²) >= 11 is 3.52. The lowest BCUT2D eigenvalue weighted by atomic mass is 9.84. The quantitative estimate of drug-likeness (QED) is 0.336. The minimum atomic E-state index is -0.610. The Bertz CT molecular complexity index is 1360. The molecule has 0 aliphatic carbocycles. The first-order chi connectivity index (χ1) is 18.6. The van der Waals surface area contributed by atoms with Crippen LogP contribution >= 0.6 is 15.9 Å². The third kappa shape index (κ3) is 6.13. The molecule has 3 atom stereocenters. The monoisotopic (exact) mass is 596 g/mol. The molecule has 0 spiro atoms. The summed E-state index contributed by atoms with van der Waals surface area (Å²) in [5, 5.41) is 0.919. The number of likely N-dealkylation sites (tertiary alicyclic amines) is 1. The van der Waals surface area contributed by atoms with Crippen LogP contribution in [0, 0.1) is 11.8 Å². The van der Waals surface area contributed by atoms with Crippen LogP contribution in [0.5, 0.6) is 0 Å². The number of nitrogens with zero attached hydrogens (tertiary/aromatic N) is 2. The fourth-order valence-corrected chi connectivity index (χ4v) is 5.84. The van der Waals surface area contributed by atoms with Crippen LogP contribution in [0.25, 0.3) is 11.0 Å². The zero-order chi connectivity index (χ0) is 27.7. The number of halogens is 1. The molecular formula is C30H33BrN2O6. The van der Waals surface area contributed by atoms with E-state index >= 15 is 0 Å². The fraction of sp³-hybridized carbons (Fsp3) is 0.433. The summed E-state index contributed by atoms with van der Waals surface area (Å²) in [5.41, 5.74) is 2.12. The van der Waals surface area contributed by atoms with E-state index in [2.05, 4.69) is 15.9 Å². The van der Waals surface area contributed by atoms with Crippen molar-refractivity contribution in [1.82, 2.24) is 9.80 Å².